The highest BCUT2D eigenvalue weighted by molar-refractivity contribution is 14.1. The summed E-state index contributed by atoms with van der Waals surface area (Å²) in [6.07, 6.45) is 5.21. The van der Waals surface area contributed by atoms with Crippen LogP contribution in [0.1, 0.15) is 24.5 Å². The van der Waals surface area contributed by atoms with Crippen LogP contribution in [0.2, 0.25) is 0 Å². The van der Waals surface area contributed by atoms with E-state index < -0.39 is 0 Å². The standard InChI is InChI=1S/C29H32IN7O2/c1-4-13-36-27(38)24-19-31-28(32-21-6-9-22(10-7-21)35-16-14-34(3)15-17-35)33-26(24)37(36)23-8-5-20-11-12-29(2,39-30)25(20)18-23/h4-10,18-19H,1,11-17H2,2-3H3,(H,31,32,33)/t29-/m0/s1. The SMILES string of the molecule is C=CCn1c(=O)c2cnc(Nc3ccc(N4CCN(C)CC4)cc3)nc2n1-c1ccc2c(c1)[C@@](C)(OI)CC2. The van der Waals surface area contributed by atoms with E-state index in [2.05, 4.69) is 64.9 Å². The van der Waals surface area contributed by atoms with Crippen molar-refractivity contribution >= 4 is 51.4 Å². The number of rotatable bonds is 7. The smallest absolute Gasteiger partial charge is 0.278 e. The third-order valence-electron chi connectivity index (χ3n) is 7.92. The normalized spacial score (nSPS) is 19.4. The second kappa shape index (κ2) is 10.4. The fraction of sp³-hybridized carbons (Fsp3) is 0.345. The minimum absolute atomic E-state index is 0.151. The average molecular weight is 638 g/mol. The molecule has 0 spiro atoms. The molecule has 1 aliphatic heterocycles. The molecule has 0 unspecified atom stereocenters. The molecule has 9 nitrogen and oxygen atoms in total. The van der Waals surface area contributed by atoms with Crippen LogP contribution in [0.5, 0.6) is 0 Å². The summed E-state index contributed by atoms with van der Waals surface area (Å²) in [4.78, 5) is 27.4. The van der Waals surface area contributed by atoms with Gasteiger partial charge in [0.25, 0.3) is 5.56 Å². The predicted molar refractivity (Wildman–Crippen MR) is 164 cm³/mol. The Labute approximate surface area is 241 Å². The van der Waals surface area contributed by atoms with Crippen LogP contribution >= 0.6 is 23.0 Å². The van der Waals surface area contributed by atoms with Crippen LogP contribution in [0.15, 0.2) is 66.1 Å². The van der Waals surface area contributed by atoms with Crippen LogP contribution in [0, 0.1) is 0 Å². The molecule has 0 amide bonds. The van der Waals surface area contributed by atoms with Crippen molar-refractivity contribution < 1.29 is 3.07 Å². The first-order valence-electron chi connectivity index (χ1n) is 13.2. The highest BCUT2D eigenvalue weighted by Gasteiger charge is 2.35. The van der Waals surface area contributed by atoms with Gasteiger partial charge in [0.15, 0.2) is 5.65 Å². The van der Waals surface area contributed by atoms with Crippen LogP contribution < -0.4 is 15.8 Å². The Hall–Kier alpha value is -3.22. The average Bonchev–Trinajstić information content (AvgIpc) is 3.43. The van der Waals surface area contributed by atoms with E-state index in [0.717, 1.165) is 56.0 Å². The maximum atomic E-state index is 13.4. The van der Waals surface area contributed by atoms with Gasteiger partial charge in [-0.3, -0.25) is 4.79 Å². The number of allylic oxidation sites excluding steroid dienone is 1. The third kappa shape index (κ3) is 4.74. The molecule has 4 aromatic rings. The van der Waals surface area contributed by atoms with Gasteiger partial charge in [-0.25, -0.2) is 14.3 Å². The molecule has 2 aromatic heterocycles. The Morgan fingerprint density at radius 2 is 1.87 bits per heavy atom. The number of aryl methyl sites for hydroxylation is 1. The molecule has 39 heavy (non-hydrogen) atoms. The number of halogens is 1. The van der Waals surface area contributed by atoms with Crippen molar-refractivity contribution in [2.24, 2.45) is 0 Å². The van der Waals surface area contributed by atoms with Crippen molar-refractivity contribution in [2.75, 3.05) is 43.4 Å². The van der Waals surface area contributed by atoms with Gasteiger partial charge in [-0.1, -0.05) is 12.1 Å². The highest BCUT2D eigenvalue weighted by atomic mass is 127. The fourth-order valence-electron chi connectivity index (χ4n) is 5.58. The zero-order valence-corrected chi connectivity index (χ0v) is 24.4. The lowest BCUT2D eigenvalue weighted by atomic mass is 9.98. The third-order valence-corrected chi connectivity index (χ3v) is 8.89. The van der Waals surface area contributed by atoms with Gasteiger partial charge in [-0.05, 0) is 74.3 Å². The summed E-state index contributed by atoms with van der Waals surface area (Å²) < 4.78 is 9.38. The molecule has 0 saturated carbocycles. The van der Waals surface area contributed by atoms with Crippen molar-refractivity contribution in [1.82, 2.24) is 24.2 Å². The van der Waals surface area contributed by atoms with Gasteiger partial charge in [0.05, 0.1) is 12.2 Å². The molecule has 1 atom stereocenters. The minimum atomic E-state index is -0.365. The van der Waals surface area contributed by atoms with Gasteiger partial charge < -0.3 is 18.2 Å². The number of aromatic nitrogens is 4. The minimum Gasteiger partial charge on any atom is -0.369 e. The highest BCUT2D eigenvalue weighted by Crippen LogP contribution is 2.42. The molecule has 3 heterocycles. The Morgan fingerprint density at radius 3 is 2.59 bits per heavy atom. The monoisotopic (exact) mass is 637 g/mol. The number of hydrogen-bond donors (Lipinski definition) is 1. The molecule has 2 aromatic carbocycles. The van der Waals surface area contributed by atoms with Gasteiger partial charge in [-0.2, -0.15) is 4.98 Å². The second-order valence-electron chi connectivity index (χ2n) is 10.5. The summed E-state index contributed by atoms with van der Waals surface area (Å²) >= 11 is 1.99. The molecule has 1 fully saturated rings. The van der Waals surface area contributed by atoms with E-state index in [9.17, 15) is 4.79 Å². The lowest BCUT2D eigenvalue weighted by molar-refractivity contribution is 0.152. The topological polar surface area (TPSA) is 80.5 Å². The summed E-state index contributed by atoms with van der Waals surface area (Å²) in [5.41, 5.74) is 5.38. The van der Waals surface area contributed by atoms with Gasteiger partial charge in [0.2, 0.25) is 5.95 Å². The molecular formula is C29H32IN7O2. The molecule has 1 saturated heterocycles. The number of nitrogens with one attached hydrogen (secondary N) is 1. The molecule has 10 heteroatoms. The van der Waals surface area contributed by atoms with E-state index in [-0.39, 0.29) is 11.2 Å². The lowest BCUT2D eigenvalue weighted by Gasteiger charge is -2.34. The van der Waals surface area contributed by atoms with Gasteiger partial charge in [0.1, 0.15) is 34.0 Å². The molecule has 202 valence electrons. The first-order valence-corrected chi connectivity index (χ1v) is 14.1. The summed E-state index contributed by atoms with van der Waals surface area (Å²) in [6, 6.07) is 14.6. The summed E-state index contributed by atoms with van der Waals surface area (Å²) in [5.74, 6) is 0.431. The number of fused-ring (bicyclic) bond motifs is 2. The van der Waals surface area contributed by atoms with E-state index in [1.807, 2.05) is 45.9 Å². The molecular weight excluding hydrogens is 605 g/mol. The van der Waals surface area contributed by atoms with E-state index >= 15 is 0 Å². The van der Waals surface area contributed by atoms with Gasteiger partial charge >= 0.3 is 0 Å². The second-order valence-corrected chi connectivity index (χ2v) is 11.0. The Morgan fingerprint density at radius 1 is 1.13 bits per heavy atom. The lowest BCUT2D eigenvalue weighted by Crippen LogP contribution is -2.44. The quantitative estimate of drug-likeness (QED) is 0.231. The van der Waals surface area contributed by atoms with Crippen molar-refractivity contribution in [1.29, 1.82) is 0 Å². The number of anilines is 3. The first-order chi connectivity index (χ1) is 18.9. The van der Waals surface area contributed by atoms with Crippen molar-refractivity contribution in [2.45, 2.75) is 31.9 Å². The molecule has 0 bridgehead atoms. The van der Waals surface area contributed by atoms with Crippen LogP contribution in [0.25, 0.3) is 16.7 Å². The summed E-state index contributed by atoms with van der Waals surface area (Å²) in [6.45, 7) is 10.5. The zero-order valence-electron chi connectivity index (χ0n) is 22.2. The van der Waals surface area contributed by atoms with E-state index in [1.165, 1.54) is 11.3 Å². The zero-order chi connectivity index (χ0) is 27.1. The number of hydrogen-bond acceptors (Lipinski definition) is 7. The molecule has 2 aliphatic rings. The molecule has 1 aliphatic carbocycles. The Kier molecular flexibility index (Phi) is 6.94. The number of nitrogens with zero attached hydrogens (tertiary/aromatic N) is 6. The number of likely N-dealkylation sites (N-methyl/N-ethyl adjacent to an activating group) is 1. The summed E-state index contributed by atoms with van der Waals surface area (Å²) in [7, 11) is 2.16. The van der Waals surface area contributed by atoms with E-state index in [0.29, 0.717) is 23.5 Å². The van der Waals surface area contributed by atoms with E-state index in [1.54, 1.807) is 17.0 Å². The van der Waals surface area contributed by atoms with E-state index in [4.69, 9.17) is 8.05 Å². The van der Waals surface area contributed by atoms with Crippen LogP contribution in [0.3, 0.4) is 0 Å². The fourth-order valence-corrected chi connectivity index (χ4v) is 6.04. The number of benzene rings is 2. The maximum Gasteiger partial charge on any atom is 0.278 e. The Balaban J connectivity index is 1.36. The first kappa shape index (κ1) is 26.0. The molecule has 6 rings (SSSR count). The van der Waals surface area contributed by atoms with Crippen LogP contribution in [-0.2, 0) is 21.6 Å². The Bertz CT molecular complexity index is 1590. The molecule has 0 radical (unpaired) electrons. The van der Waals surface area contributed by atoms with Crippen LogP contribution in [0.4, 0.5) is 17.3 Å². The van der Waals surface area contributed by atoms with Crippen molar-refractivity contribution in [3.63, 3.8) is 0 Å². The predicted octanol–water partition coefficient (Wildman–Crippen LogP) is 4.79. The number of piperazine rings is 1. The van der Waals surface area contributed by atoms with Gasteiger partial charge in [0, 0.05) is 43.8 Å². The van der Waals surface area contributed by atoms with Gasteiger partial charge in [-0.15, -0.1) is 6.58 Å². The van der Waals surface area contributed by atoms with Crippen molar-refractivity contribution in [3.8, 4) is 5.69 Å². The summed E-state index contributed by atoms with van der Waals surface area (Å²) in [5, 5.41) is 3.78. The largest absolute Gasteiger partial charge is 0.369 e. The molecule has 1 N–H and O–H groups in total. The van der Waals surface area contributed by atoms with Crippen LogP contribution in [-0.4, -0.2) is 57.5 Å². The maximum absolute atomic E-state index is 13.4. The van der Waals surface area contributed by atoms with Crippen molar-refractivity contribution in [3.05, 3.63) is 82.8 Å².